The van der Waals surface area contributed by atoms with E-state index in [1.54, 1.807) is 10.6 Å². The number of likely N-dealkylation sites (N-methyl/N-ethyl adjacent to an activating group) is 1. The fourth-order valence-corrected chi connectivity index (χ4v) is 5.33. The Hall–Kier alpha value is -4.17. The van der Waals surface area contributed by atoms with Crippen LogP contribution < -0.4 is 0 Å². The highest BCUT2D eigenvalue weighted by Gasteiger charge is 2.43. The predicted octanol–water partition coefficient (Wildman–Crippen LogP) is 5.00. The highest BCUT2D eigenvalue weighted by Crippen LogP contribution is 2.34. The second kappa shape index (κ2) is 10.1. The van der Waals surface area contributed by atoms with Crippen molar-refractivity contribution in [1.29, 1.82) is 0 Å². The molecule has 8 nitrogen and oxygen atoms in total. The first-order valence-electron chi connectivity index (χ1n) is 11.8. The number of rotatable bonds is 7. The molecule has 5 aromatic rings. The van der Waals surface area contributed by atoms with E-state index in [1.165, 1.54) is 54.5 Å². The van der Waals surface area contributed by atoms with Crippen LogP contribution >= 0.6 is 11.3 Å². The molecule has 208 valence electrons. The number of alkyl halides is 3. The van der Waals surface area contributed by atoms with Crippen LogP contribution in [0.25, 0.3) is 16.2 Å². The van der Waals surface area contributed by atoms with E-state index in [4.69, 9.17) is 0 Å². The quantitative estimate of drug-likeness (QED) is 0.276. The molecule has 0 saturated carbocycles. The summed E-state index contributed by atoms with van der Waals surface area (Å²) in [5.41, 5.74) is -2.12. The van der Waals surface area contributed by atoms with E-state index in [2.05, 4.69) is 15.1 Å². The lowest BCUT2D eigenvalue weighted by molar-refractivity contribution is -0.137. The number of fused-ring (bicyclic) bond motifs is 1. The lowest BCUT2D eigenvalue weighted by atomic mass is 9.85. The van der Waals surface area contributed by atoms with Gasteiger partial charge in [-0.15, -0.1) is 0 Å². The number of thiazole rings is 1. The molecule has 5 rings (SSSR count). The molecule has 0 spiro atoms. The lowest BCUT2D eigenvalue weighted by Gasteiger charge is -2.39. The molecular weight excluding hydrogens is 555 g/mol. The molecule has 0 aliphatic heterocycles. The van der Waals surface area contributed by atoms with Crippen molar-refractivity contribution in [2.24, 2.45) is 0 Å². The monoisotopic (exact) mass is 576 g/mol. The number of carbonyl (C=O) groups excluding carboxylic acids is 1. The summed E-state index contributed by atoms with van der Waals surface area (Å²) in [6.07, 6.45) is 1.21. The van der Waals surface area contributed by atoms with Crippen LogP contribution in [0.5, 0.6) is 0 Å². The molecule has 0 aliphatic carbocycles. The number of hydrogen-bond acceptors (Lipinski definition) is 6. The minimum Gasteiger partial charge on any atom is -0.381 e. The number of amides is 1. The van der Waals surface area contributed by atoms with Crippen molar-refractivity contribution in [3.05, 3.63) is 95.2 Å². The molecule has 0 radical (unpaired) electrons. The average Bonchev–Trinajstić information content (AvgIpc) is 3.64. The number of nitrogens with zero attached hydrogens (tertiary/aromatic N) is 6. The first-order chi connectivity index (χ1) is 18.9. The van der Waals surface area contributed by atoms with Gasteiger partial charge in [0.05, 0.1) is 23.8 Å². The van der Waals surface area contributed by atoms with Crippen molar-refractivity contribution in [2.75, 3.05) is 7.05 Å². The van der Waals surface area contributed by atoms with Crippen LogP contribution in [0.15, 0.2) is 67.5 Å². The molecule has 0 unspecified atom stereocenters. The van der Waals surface area contributed by atoms with Crippen molar-refractivity contribution in [1.82, 2.24) is 29.0 Å². The van der Waals surface area contributed by atoms with Crippen molar-refractivity contribution in [2.45, 2.75) is 31.3 Å². The minimum atomic E-state index is -4.45. The zero-order chi connectivity index (χ0) is 28.8. The number of halogens is 5. The van der Waals surface area contributed by atoms with Crippen LogP contribution in [0.3, 0.4) is 0 Å². The average molecular weight is 577 g/mol. The van der Waals surface area contributed by atoms with Gasteiger partial charge >= 0.3 is 6.18 Å². The van der Waals surface area contributed by atoms with Gasteiger partial charge in [0.2, 0.25) is 0 Å². The van der Waals surface area contributed by atoms with Gasteiger partial charge in [0.1, 0.15) is 34.8 Å². The van der Waals surface area contributed by atoms with Crippen LogP contribution in [0.1, 0.15) is 27.7 Å². The van der Waals surface area contributed by atoms with Gasteiger partial charge in [-0.05, 0) is 25.1 Å². The zero-order valence-corrected chi connectivity index (χ0v) is 21.8. The molecule has 40 heavy (non-hydrogen) atoms. The van der Waals surface area contributed by atoms with E-state index in [9.17, 15) is 31.9 Å². The van der Waals surface area contributed by atoms with E-state index in [-0.39, 0.29) is 17.0 Å². The fraction of sp³-hybridized carbons (Fsp3) is 0.231. The van der Waals surface area contributed by atoms with Gasteiger partial charge in [-0.3, -0.25) is 9.20 Å². The summed E-state index contributed by atoms with van der Waals surface area (Å²) >= 11 is 1.04. The van der Waals surface area contributed by atoms with E-state index in [1.807, 2.05) is 0 Å². The third-order valence-electron chi connectivity index (χ3n) is 6.73. The highest BCUT2D eigenvalue weighted by molar-refractivity contribution is 7.18. The van der Waals surface area contributed by atoms with Crippen LogP contribution in [0.2, 0.25) is 0 Å². The van der Waals surface area contributed by atoms with Crippen LogP contribution in [0, 0.1) is 11.6 Å². The lowest BCUT2D eigenvalue weighted by Crippen LogP contribution is -2.52. The van der Waals surface area contributed by atoms with Gasteiger partial charge in [-0.1, -0.05) is 29.5 Å². The van der Waals surface area contributed by atoms with Gasteiger partial charge in [-0.25, -0.2) is 23.4 Å². The summed E-state index contributed by atoms with van der Waals surface area (Å²) in [6, 6.07) is 6.35. The molecule has 0 fully saturated rings. The third kappa shape index (κ3) is 5.07. The number of imidazole rings is 1. The summed E-state index contributed by atoms with van der Waals surface area (Å²) < 4.78 is 70.0. The van der Waals surface area contributed by atoms with Crippen molar-refractivity contribution >= 4 is 22.2 Å². The zero-order valence-electron chi connectivity index (χ0n) is 21.0. The van der Waals surface area contributed by atoms with Crippen LogP contribution in [-0.2, 0) is 18.3 Å². The Balaban J connectivity index is 1.41. The van der Waals surface area contributed by atoms with E-state index in [0.717, 1.165) is 35.6 Å². The largest absolute Gasteiger partial charge is 0.416 e. The first kappa shape index (κ1) is 27.4. The summed E-state index contributed by atoms with van der Waals surface area (Å²) in [7, 11) is 1.44. The number of benzene rings is 2. The van der Waals surface area contributed by atoms with Crippen LogP contribution in [-0.4, -0.2) is 53.2 Å². The number of aromatic nitrogens is 5. The molecule has 2 aromatic carbocycles. The van der Waals surface area contributed by atoms with Gasteiger partial charge < -0.3 is 10.0 Å². The Morgan fingerprint density at radius 3 is 2.45 bits per heavy atom. The first-order valence-corrected chi connectivity index (χ1v) is 12.6. The minimum absolute atomic E-state index is 0.223. The second-order valence-corrected chi connectivity index (χ2v) is 10.2. The predicted molar refractivity (Wildman–Crippen MR) is 135 cm³/mol. The third-order valence-corrected chi connectivity index (χ3v) is 7.72. The molecule has 2 atom stereocenters. The molecule has 0 saturated heterocycles. The summed E-state index contributed by atoms with van der Waals surface area (Å²) in [4.78, 5) is 23.6. The van der Waals surface area contributed by atoms with Crippen molar-refractivity contribution in [3.63, 3.8) is 0 Å². The van der Waals surface area contributed by atoms with Crippen molar-refractivity contribution in [3.8, 4) is 11.3 Å². The topological polar surface area (TPSA) is 88.5 Å². The molecule has 3 aromatic heterocycles. The molecule has 14 heteroatoms. The van der Waals surface area contributed by atoms with Gasteiger partial charge in [0, 0.05) is 36.6 Å². The van der Waals surface area contributed by atoms with E-state index in [0.29, 0.717) is 22.3 Å². The molecule has 3 heterocycles. The standard InChI is InChI=1S/C26H21F5N6O2S/c1-15(25(39,12-37-14-32-13-33-37)19-8-7-18(27)9-20(19)28)35(2)23(38)22-11-36-10-21(34-24(36)40-22)16-3-5-17(6-4-16)26(29,30)31/h3-11,13-15,39H,12H2,1-2H3/t15-,25-/m1/s1. The molecule has 1 N–H and O–H groups in total. The maximum absolute atomic E-state index is 14.9. The molecule has 0 aliphatic rings. The number of carbonyl (C=O) groups is 1. The second-order valence-electron chi connectivity index (χ2n) is 9.22. The normalized spacial score (nSPS) is 14.3. The Kier molecular flexibility index (Phi) is 6.92. The van der Waals surface area contributed by atoms with E-state index >= 15 is 0 Å². The fourth-order valence-electron chi connectivity index (χ4n) is 4.38. The number of hydrogen-bond donors (Lipinski definition) is 1. The van der Waals surface area contributed by atoms with Crippen molar-refractivity contribution < 1.29 is 31.9 Å². The summed E-state index contributed by atoms with van der Waals surface area (Å²) in [5, 5.41) is 15.7. The summed E-state index contributed by atoms with van der Waals surface area (Å²) in [5.74, 6) is -2.31. The maximum atomic E-state index is 14.9. The van der Waals surface area contributed by atoms with Gasteiger partial charge in [0.25, 0.3) is 5.91 Å². The van der Waals surface area contributed by atoms with E-state index < -0.39 is 40.9 Å². The SMILES string of the molecule is C[C@@H](N(C)C(=O)c1cn2cc(-c3ccc(C(F)(F)F)cc3)nc2s1)[C@](O)(Cn1cncn1)c1ccc(F)cc1F. The smallest absolute Gasteiger partial charge is 0.381 e. The molecule has 0 bridgehead atoms. The summed E-state index contributed by atoms with van der Waals surface area (Å²) in [6.45, 7) is 1.25. The number of aliphatic hydroxyl groups is 1. The maximum Gasteiger partial charge on any atom is 0.416 e. The Bertz CT molecular complexity index is 1630. The molecular formula is C26H21F5N6O2S. The Morgan fingerprint density at radius 1 is 1.12 bits per heavy atom. The Labute approximate surface area is 228 Å². The van der Waals surface area contributed by atoms with Gasteiger partial charge in [-0.2, -0.15) is 18.3 Å². The highest BCUT2D eigenvalue weighted by atomic mass is 32.1. The molecule has 1 amide bonds. The van der Waals surface area contributed by atoms with Crippen LogP contribution in [0.4, 0.5) is 22.0 Å². The Morgan fingerprint density at radius 2 is 1.85 bits per heavy atom. The van der Waals surface area contributed by atoms with Gasteiger partial charge in [0.15, 0.2) is 4.96 Å².